The summed E-state index contributed by atoms with van der Waals surface area (Å²) in [6, 6.07) is 2.10. The Kier molecular flexibility index (Phi) is 5.28. The largest absolute Gasteiger partial charge is 0.395 e. The van der Waals surface area contributed by atoms with Crippen LogP contribution in [0.4, 0.5) is 5.82 Å². The van der Waals surface area contributed by atoms with Gasteiger partial charge in [0.2, 0.25) is 5.91 Å². The van der Waals surface area contributed by atoms with Crippen LogP contribution in [-0.4, -0.2) is 49.7 Å². The first-order valence-corrected chi connectivity index (χ1v) is 8.51. The Morgan fingerprint density at radius 2 is 2.12 bits per heavy atom. The topological polar surface area (TPSA) is 105 Å². The number of amides is 1. The molecule has 2 heterocycles. The molecule has 0 atom stereocenters. The summed E-state index contributed by atoms with van der Waals surface area (Å²) in [7, 11) is 0. The van der Waals surface area contributed by atoms with Gasteiger partial charge in [-0.1, -0.05) is 0 Å². The SMILES string of the molecule is Cc1ncn(CC(=O)NC2CC(c3cc(NCCO)ncn3)C2)c1C. The maximum atomic E-state index is 12.2. The van der Waals surface area contributed by atoms with Crippen molar-refractivity contribution in [3.8, 4) is 0 Å². The van der Waals surface area contributed by atoms with E-state index in [-0.39, 0.29) is 18.6 Å². The third-order valence-corrected chi connectivity index (χ3v) is 4.69. The van der Waals surface area contributed by atoms with Crippen LogP contribution in [0.2, 0.25) is 0 Å². The molecule has 0 radical (unpaired) electrons. The number of carbonyl (C=O) groups is 1. The highest BCUT2D eigenvalue weighted by Crippen LogP contribution is 2.36. The zero-order chi connectivity index (χ0) is 17.8. The average Bonchev–Trinajstić information content (AvgIpc) is 2.88. The molecular formula is C17H24N6O2. The second-order valence-electron chi connectivity index (χ2n) is 6.45. The van der Waals surface area contributed by atoms with Crippen LogP contribution in [-0.2, 0) is 11.3 Å². The van der Waals surface area contributed by atoms with E-state index >= 15 is 0 Å². The predicted octanol–water partition coefficient (Wildman–Crippen LogP) is 0.757. The van der Waals surface area contributed by atoms with Crippen molar-refractivity contribution in [3.63, 3.8) is 0 Å². The van der Waals surface area contributed by atoms with Crippen LogP contribution in [0.3, 0.4) is 0 Å². The number of hydrogen-bond donors (Lipinski definition) is 3. The summed E-state index contributed by atoms with van der Waals surface area (Å²) in [5, 5.41) is 15.0. The van der Waals surface area contributed by atoms with Gasteiger partial charge in [0, 0.05) is 36.0 Å². The fourth-order valence-electron chi connectivity index (χ4n) is 2.99. The van der Waals surface area contributed by atoms with Gasteiger partial charge in [0.25, 0.3) is 0 Å². The molecule has 0 bridgehead atoms. The first-order valence-electron chi connectivity index (χ1n) is 8.51. The van der Waals surface area contributed by atoms with Crippen molar-refractivity contribution in [2.45, 2.75) is 45.2 Å². The van der Waals surface area contributed by atoms with Gasteiger partial charge in [-0.15, -0.1) is 0 Å². The number of carbonyl (C=O) groups excluding carboxylic acids is 1. The lowest BCUT2D eigenvalue weighted by Gasteiger charge is -2.35. The van der Waals surface area contributed by atoms with Crippen LogP contribution in [0.5, 0.6) is 0 Å². The molecule has 8 nitrogen and oxygen atoms in total. The van der Waals surface area contributed by atoms with Gasteiger partial charge in [-0.2, -0.15) is 0 Å². The molecule has 0 saturated heterocycles. The van der Waals surface area contributed by atoms with Gasteiger partial charge in [-0.3, -0.25) is 4.79 Å². The minimum absolute atomic E-state index is 0.0111. The van der Waals surface area contributed by atoms with Gasteiger partial charge in [-0.05, 0) is 26.7 Å². The Balaban J connectivity index is 1.47. The van der Waals surface area contributed by atoms with E-state index in [1.54, 1.807) is 6.33 Å². The summed E-state index contributed by atoms with van der Waals surface area (Å²) >= 11 is 0. The van der Waals surface area contributed by atoms with Crippen LogP contribution in [0.1, 0.15) is 35.8 Å². The number of aryl methyl sites for hydroxylation is 1. The van der Waals surface area contributed by atoms with Gasteiger partial charge in [0.05, 0.1) is 18.6 Å². The lowest BCUT2D eigenvalue weighted by atomic mass is 9.78. The summed E-state index contributed by atoms with van der Waals surface area (Å²) in [4.78, 5) is 24.8. The molecule has 1 aliphatic rings. The number of hydrogen-bond acceptors (Lipinski definition) is 6. The van der Waals surface area contributed by atoms with Crippen molar-refractivity contribution in [2.75, 3.05) is 18.5 Å². The van der Waals surface area contributed by atoms with E-state index in [9.17, 15) is 4.79 Å². The maximum absolute atomic E-state index is 12.2. The molecule has 3 N–H and O–H groups in total. The molecule has 0 spiro atoms. The first-order chi connectivity index (χ1) is 12.1. The van der Waals surface area contributed by atoms with E-state index in [0.717, 1.165) is 35.7 Å². The zero-order valence-corrected chi connectivity index (χ0v) is 14.6. The molecule has 3 rings (SSSR count). The molecule has 1 fully saturated rings. The van der Waals surface area contributed by atoms with E-state index in [1.807, 2.05) is 24.5 Å². The van der Waals surface area contributed by atoms with E-state index in [2.05, 4.69) is 25.6 Å². The summed E-state index contributed by atoms with van der Waals surface area (Å²) in [5.74, 6) is 1.06. The first kappa shape index (κ1) is 17.3. The molecule has 2 aromatic heterocycles. The maximum Gasteiger partial charge on any atom is 0.240 e. The average molecular weight is 344 g/mol. The summed E-state index contributed by atoms with van der Waals surface area (Å²) in [5.41, 5.74) is 2.94. The molecule has 25 heavy (non-hydrogen) atoms. The van der Waals surface area contributed by atoms with Crippen molar-refractivity contribution in [3.05, 3.63) is 35.8 Å². The van der Waals surface area contributed by atoms with Gasteiger partial charge in [-0.25, -0.2) is 15.0 Å². The molecule has 0 aromatic carbocycles. The van der Waals surface area contributed by atoms with E-state index in [1.165, 1.54) is 6.33 Å². The van der Waals surface area contributed by atoms with Crippen molar-refractivity contribution < 1.29 is 9.90 Å². The van der Waals surface area contributed by atoms with Crippen molar-refractivity contribution in [1.82, 2.24) is 24.8 Å². The third kappa shape index (κ3) is 4.14. The Morgan fingerprint density at radius 1 is 1.32 bits per heavy atom. The molecule has 8 heteroatoms. The van der Waals surface area contributed by atoms with Gasteiger partial charge >= 0.3 is 0 Å². The van der Waals surface area contributed by atoms with Gasteiger partial charge < -0.3 is 20.3 Å². The smallest absolute Gasteiger partial charge is 0.240 e. The molecule has 2 aromatic rings. The Hall–Kier alpha value is -2.48. The Morgan fingerprint density at radius 3 is 2.80 bits per heavy atom. The highest BCUT2D eigenvalue weighted by atomic mass is 16.3. The van der Waals surface area contributed by atoms with Crippen LogP contribution in [0.25, 0.3) is 0 Å². The van der Waals surface area contributed by atoms with E-state index in [0.29, 0.717) is 19.0 Å². The Labute approximate surface area is 146 Å². The summed E-state index contributed by atoms with van der Waals surface area (Å²) in [6.45, 7) is 4.73. The van der Waals surface area contributed by atoms with Crippen LogP contribution < -0.4 is 10.6 Å². The minimum atomic E-state index is 0.0111. The highest BCUT2D eigenvalue weighted by Gasteiger charge is 2.32. The number of imidazole rings is 1. The fraction of sp³-hybridized carbons (Fsp3) is 0.529. The second-order valence-corrected chi connectivity index (χ2v) is 6.45. The summed E-state index contributed by atoms with van der Waals surface area (Å²) in [6.07, 6.45) is 5.00. The third-order valence-electron chi connectivity index (χ3n) is 4.69. The highest BCUT2D eigenvalue weighted by molar-refractivity contribution is 5.76. The summed E-state index contributed by atoms with van der Waals surface area (Å²) < 4.78 is 1.87. The second kappa shape index (κ2) is 7.60. The molecule has 1 aliphatic carbocycles. The monoisotopic (exact) mass is 344 g/mol. The van der Waals surface area contributed by atoms with E-state index in [4.69, 9.17) is 5.11 Å². The minimum Gasteiger partial charge on any atom is -0.395 e. The molecule has 1 amide bonds. The van der Waals surface area contributed by atoms with Crippen molar-refractivity contribution in [2.24, 2.45) is 0 Å². The standard InChI is InChI=1S/C17H24N6O2/c1-11-12(2)23(10-21-11)8-17(25)22-14-5-13(6-14)15-7-16(18-3-4-24)20-9-19-15/h7,9-10,13-14,24H,3-6,8H2,1-2H3,(H,22,25)(H,18,19,20). The van der Waals surface area contributed by atoms with Crippen LogP contribution >= 0.6 is 0 Å². The van der Waals surface area contributed by atoms with Crippen molar-refractivity contribution >= 4 is 11.7 Å². The number of aliphatic hydroxyl groups is 1. The number of anilines is 1. The van der Waals surface area contributed by atoms with Gasteiger partial charge in [0.15, 0.2) is 0 Å². The zero-order valence-electron chi connectivity index (χ0n) is 14.6. The molecule has 1 saturated carbocycles. The van der Waals surface area contributed by atoms with Gasteiger partial charge in [0.1, 0.15) is 18.7 Å². The predicted molar refractivity (Wildman–Crippen MR) is 93.2 cm³/mol. The molecule has 0 unspecified atom stereocenters. The molecule has 0 aliphatic heterocycles. The molecular weight excluding hydrogens is 320 g/mol. The molecule has 134 valence electrons. The number of nitrogens with one attached hydrogen (secondary N) is 2. The Bertz CT molecular complexity index is 738. The lowest BCUT2D eigenvalue weighted by molar-refractivity contribution is -0.123. The van der Waals surface area contributed by atoms with Crippen LogP contribution in [0.15, 0.2) is 18.7 Å². The number of aromatic nitrogens is 4. The number of aliphatic hydroxyl groups excluding tert-OH is 1. The number of nitrogens with zero attached hydrogens (tertiary/aromatic N) is 4. The normalized spacial score (nSPS) is 19.3. The lowest BCUT2D eigenvalue weighted by Crippen LogP contribution is -2.44. The van der Waals surface area contributed by atoms with E-state index < -0.39 is 0 Å². The fourth-order valence-corrected chi connectivity index (χ4v) is 2.99. The number of rotatable bonds is 7. The van der Waals surface area contributed by atoms with Crippen LogP contribution in [0, 0.1) is 13.8 Å². The quantitative estimate of drug-likeness (QED) is 0.685. The van der Waals surface area contributed by atoms with Crippen molar-refractivity contribution in [1.29, 1.82) is 0 Å².